The van der Waals surface area contributed by atoms with Crippen molar-refractivity contribution in [2.45, 2.75) is 106 Å². The first-order valence-electron chi connectivity index (χ1n) is 9.05. The number of imidazole rings is 1. The van der Waals surface area contributed by atoms with Gasteiger partial charge in [0.15, 0.2) is 0 Å². The van der Waals surface area contributed by atoms with Gasteiger partial charge in [0.05, 0.1) is 11.7 Å². The predicted molar refractivity (Wildman–Crippen MR) is 98.9 cm³/mol. The van der Waals surface area contributed by atoms with Crippen LogP contribution in [0.5, 0.6) is 0 Å². The number of likely N-dealkylation sites (tertiary alicyclic amines) is 1. The topological polar surface area (TPSA) is 21.1 Å². The van der Waals surface area contributed by atoms with Crippen LogP contribution in [-0.4, -0.2) is 25.5 Å². The summed E-state index contributed by atoms with van der Waals surface area (Å²) in [7, 11) is 0. The molecule has 0 N–H and O–H groups in total. The van der Waals surface area contributed by atoms with Gasteiger partial charge in [-0.1, -0.05) is 13.8 Å². The van der Waals surface area contributed by atoms with Crippen LogP contribution >= 0.6 is 0 Å². The Morgan fingerprint density at radius 2 is 1.61 bits per heavy atom. The normalized spacial score (nSPS) is 24.6. The standard InChI is InChI=1S/C20H37N3/c1-13(2)22-15(4)14(3)21-17(22)16-19(8,9)12-20(10,11)23(16)18(5,6)7/h13,16H,12H2,1-11H3/t16-/m0/s1. The van der Waals surface area contributed by atoms with Crippen molar-refractivity contribution < 1.29 is 0 Å². The summed E-state index contributed by atoms with van der Waals surface area (Å²) in [4.78, 5) is 7.77. The largest absolute Gasteiger partial charge is 0.328 e. The van der Waals surface area contributed by atoms with Crippen LogP contribution < -0.4 is 0 Å². The SMILES string of the molecule is Cc1nc([C@@H]2N(C(C)(C)C)C(C)(C)CC2(C)C)n(C(C)C)c1C. The number of hydrogen-bond donors (Lipinski definition) is 0. The summed E-state index contributed by atoms with van der Waals surface area (Å²) >= 11 is 0. The molecule has 0 radical (unpaired) electrons. The van der Waals surface area contributed by atoms with Gasteiger partial charge in [-0.3, -0.25) is 4.90 Å². The first-order chi connectivity index (χ1) is 10.2. The van der Waals surface area contributed by atoms with Crippen molar-refractivity contribution in [1.82, 2.24) is 14.5 Å². The molecule has 2 heterocycles. The highest BCUT2D eigenvalue weighted by molar-refractivity contribution is 5.23. The van der Waals surface area contributed by atoms with Gasteiger partial charge in [0.1, 0.15) is 5.82 Å². The van der Waals surface area contributed by atoms with Gasteiger partial charge in [0.25, 0.3) is 0 Å². The van der Waals surface area contributed by atoms with Gasteiger partial charge in [-0.05, 0) is 74.1 Å². The molecule has 1 saturated heterocycles. The molecule has 0 spiro atoms. The minimum Gasteiger partial charge on any atom is -0.328 e. The van der Waals surface area contributed by atoms with Crippen molar-refractivity contribution in [2.24, 2.45) is 5.41 Å². The first-order valence-corrected chi connectivity index (χ1v) is 9.05. The van der Waals surface area contributed by atoms with Crippen molar-refractivity contribution >= 4 is 0 Å². The highest BCUT2D eigenvalue weighted by atomic mass is 15.3. The fourth-order valence-corrected chi connectivity index (χ4v) is 5.25. The summed E-state index contributed by atoms with van der Waals surface area (Å²) in [6.07, 6.45) is 1.19. The molecule has 1 atom stereocenters. The summed E-state index contributed by atoms with van der Waals surface area (Å²) in [5.41, 5.74) is 2.96. The van der Waals surface area contributed by atoms with Crippen LogP contribution in [0.3, 0.4) is 0 Å². The molecule has 0 unspecified atom stereocenters. The van der Waals surface area contributed by atoms with E-state index in [1.54, 1.807) is 0 Å². The van der Waals surface area contributed by atoms with Crippen LogP contribution in [0.1, 0.15) is 98.0 Å². The molecular weight excluding hydrogens is 282 g/mol. The van der Waals surface area contributed by atoms with E-state index in [9.17, 15) is 0 Å². The molecular formula is C20H37N3. The third-order valence-corrected chi connectivity index (χ3v) is 5.44. The molecule has 0 bridgehead atoms. The lowest BCUT2D eigenvalue weighted by atomic mass is 9.81. The van der Waals surface area contributed by atoms with E-state index in [4.69, 9.17) is 4.98 Å². The maximum absolute atomic E-state index is 5.06. The van der Waals surface area contributed by atoms with Crippen molar-refractivity contribution in [1.29, 1.82) is 0 Å². The smallest absolute Gasteiger partial charge is 0.127 e. The average Bonchev–Trinajstić information content (AvgIpc) is 2.68. The van der Waals surface area contributed by atoms with Gasteiger partial charge < -0.3 is 4.57 Å². The Hall–Kier alpha value is -0.830. The van der Waals surface area contributed by atoms with E-state index in [1.807, 2.05) is 0 Å². The zero-order valence-electron chi connectivity index (χ0n) is 17.2. The predicted octanol–water partition coefficient (Wildman–Crippen LogP) is 5.43. The summed E-state index contributed by atoms with van der Waals surface area (Å²) in [6, 6.07) is 0.778. The fraction of sp³-hybridized carbons (Fsp3) is 0.850. The molecule has 0 aromatic carbocycles. The number of rotatable bonds is 2. The summed E-state index contributed by atoms with van der Waals surface area (Å²) < 4.78 is 2.46. The minimum absolute atomic E-state index is 0.109. The second kappa shape index (κ2) is 5.34. The number of nitrogens with zero attached hydrogens (tertiary/aromatic N) is 3. The Bertz CT molecular complexity index is 585. The highest BCUT2D eigenvalue weighted by Gasteiger charge is 2.56. The van der Waals surface area contributed by atoms with Gasteiger partial charge in [-0.15, -0.1) is 0 Å². The molecule has 1 aliphatic rings. The lowest BCUT2D eigenvalue weighted by Crippen LogP contribution is -2.52. The number of aryl methyl sites for hydroxylation is 1. The van der Waals surface area contributed by atoms with E-state index in [-0.39, 0.29) is 16.5 Å². The zero-order valence-corrected chi connectivity index (χ0v) is 17.2. The number of hydrogen-bond acceptors (Lipinski definition) is 2. The minimum atomic E-state index is 0.109. The molecule has 1 fully saturated rings. The van der Waals surface area contributed by atoms with E-state index >= 15 is 0 Å². The highest BCUT2D eigenvalue weighted by Crippen LogP contribution is 2.56. The summed E-state index contributed by atoms with van der Waals surface area (Å²) in [5, 5.41) is 0. The van der Waals surface area contributed by atoms with Gasteiger partial charge in [-0.2, -0.15) is 0 Å². The van der Waals surface area contributed by atoms with Gasteiger partial charge in [0.2, 0.25) is 0 Å². The Morgan fingerprint density at radius 3 is 2.04 bits per heavy atom. The van der Waals surface area contributed by atoms with Gasteiger partial charge in [-0.25, -0.2) is 4.98 Å². The molecule has 132 valence electrons. The third kappa shape index (κ3) is 2.97. The molecule has 1 aromatic rings. The van der Waals surface area contributed by atoms with E-state index in [2.05, 4.69) is 85.6 Å². The van der Waals surface area contributed by atoms with E-state index in [0.29, 0.717) is 12.1 Å². The molecule has 0 amide bonds. The van der Waals surface area contributed by atoms with Gasteiger partial charge in [0, 0.05) is 22.8 Å². The maximum Gasteiger partial charge on any atom is 0.127 e. The van der Waals surface area contributed by atoms with Crippen LogP contribution in [0.2, 0.25) is 0 Å². The molecule has 0 aliphatic carbocycles. The van der Waals surface area contributed by atoms with E-state index in [0.717, 1.165) is 0 Å². The Balaban J connectivity index is 2.71. The van der Waals surface area contributed by atoms with Crippen LogP contribution in [0, 0.1) is 19.3 Å². The van der Waals surface area contributed by atoms with Crippen molar-refractivity contribution in [3.8, 4) is 0 Å². The first kappa shape index (κ1) is 18.5. The maximum atomic E-state index is 5.06. The molecule has 3 nitrogen and oxygen atoms in total. The van der Waals surface area contributed by atoms with E-state index < -0.39 is 0 Å². The second-order valence-electron chi connectivity index (χ2n) is 10.0. The molecule has 3 heteroatoms. The molecule has 2 rings (SSSR count). The molecule has 1 aliphatic heterocycles. The Kier molecular flexibility index (Phi) is 4.29. The van der Waals surface area contributed by atoms with Crippen LogP contribution in [0.4, 0.5) is 0 Å². The van der Waals surface area contributed by atoms with Crippen LogP contribution in [0.25, 0.3) is 0 Å². The lowest BCUT2D eigenvalue weighted by Gasteiger charge is -2.46. The van der Waals surface area contributed by atoms with Gasteiger partial charge >= 0.3 is 0 Å². The van der Waals surface area contributed by atoms with Crippen LogP contribution in [-0.2, 0) is 0 Å². The van der Waals surface area contributed by atoms with Crippen molar-refractivity contribution in [2.75, 3.05) is 0 Å². The average molecular weight is 320 g/mol. The summed E-state index contributed by atoms with van der Waals surface area (Å²) in [6.45, 7) is 25.5. The molecule has 23 heavy (non-hydrogen) atoms. The fourth-order valence-electron chi connectivity index (χ4n) is 5.25. The molecule has 0 saturated carbocycles. The third-order valence-electron chi connectivity index (χ3n) is 5.44. The Morgan fingerprint density at radius 1 is 1.09 bits per heavy atom. The summed E-state index contributed by atoms with van der Waals surface area (Å²) in [5.74, 6) is 1.25. The Labute approximate surface area is 143 Å². The quantitative estimate of drug-likeness (QED) is 0.724. The second-order valence-corrected chi connectivity index (χ2v) is 10.0. The number of aromatic nitrogens is 2. The van der Waals surface area contributed by atoms with Crippen molar-refractivity contribution in [3.05, 3.63) is 17.2 Å². The van der Waals surface area contributed by atoms with Crippen molar-refractivity contribution in [3.63, 3.8) is 0 Å². The van der Waals surface area contributed by atoms with Crippen LogP contribution in [0.15, 0.2) is 0 Å². The van der Waals surface area contributed by atoms with E-state index in [1.165, 1.54) is 23.6 Å². The zero-order chi connectivity index (χ0) is 18.0. The molecule has 1 aromatic heterocycles. The monoisotopic (exact) mass is 319 g/mol. The lowest BCUT2D eigenvalue weighted by molar-refractivity contribution is 0.0125.